The number of nitriles is 1. The van der Waals surface area contributed by atoms with Gasteiger partial charge in [-0.3, -0.25) is 0 Å². The predicted molar refractivity (Wildman–Crippen MR) is 27.8 cm³/mol. The third-order valence-corrected chi connectivity index (χ3v) is 0.324. The minimum atomic E-state index is -0.0301. The van der Waals surface area contributed by atoms with E-state index in [0.717, 1.165) is 0 Å². The molecule has 8 heavy (non-hydrogen) atoms. The van der Waals surface area contributed by atoms with Crippen molar-refractivity contribution in [3.8, 4) is 6.19 Å². The predicted octanol–water partition coefficient (Wildman–Crippen LogP) is -6.07. The average molecular weight is 162 g/mol. The molecular weight excluding hydrogens is 162 g/mol. The molecule has 0 aliphatic heterocycles. The van der Waals surface area contributed by atoms with Gasteiger partial charge >= 0.3 is 59.1 Å². The van der Waals surface area contributed by atoms with Crippen LogP contribution in [0.5, 0.6) is 0 Å². The largest absolute Gasteiger partial charge is 1.00 e. The second-order valence-corrected chi connectivity index (χ2v) is 1.51. The molecule has 0 aliphatic carbocycles. The van der Waals surface area contributed by atoms with Gasteiger partial charge in [-0.15, -0.1) is 0 Å². The summed E-state index contributed by atoms with van der Waals surface area (Å²) in [7, 11) is 0. The molecule has 0 saturated heterocycles. The van der Waals surface area contributed by atoms with Crippen molar-refractivity contribution in [2.45, 2.75) is 0 Å². The first-order chi connectivity index (χ1) is 2.77. The number of hydrogen-bond donors (Lipinski definition) is 0. The number of aliphatic imine (C=N–C) groups is 1. The Morgan fingerprint density at radius 3 is 1.75 bits per heavy atom. The van der Waals surface area contributed by atoms with Crippen LogP contribution in [0.2, 0.25) is 0 Å². The Morgan fingerprint density at radius 1 is 1.38 bits per heavy atom. The molecule has 2 nitrogen and oxygen atoms in total. The molecule has 32 valence electrons. The van der Waals surface area contributed by atoms with Gasteiger partial charge in [-0.05, 0) is 0 Å². The summed E-state index contributed by atoms with van der Waals surface area (Å²) in [6, 6.07) is 0. The van der Waals surface area contributed by atoms with Crippen LogP contribution in [0.25, 0.3) is 0 Å². The maximum Gasteiger partial charge on any atom is 1.00 e. The number of hydrogen-bond acceptors (Lipinski definition) is 4. The van der Waals surface area contributed by atoms with Gasteiger partial charge in [-0.25, -0.2) is 9.37 Å². The Labute approximate surface area is 104 Å². The van der Waals surface area contributed by atoms with Gasteiger partial charge < -0.3 is 25.3 Å². The maximum absolute atomic E-state index is 7.67. The summed E-state index contributed by atoms with van der Waals surface area (Å²) in [5, 5.41) is 7.67. The van der Waals surface area contributed by atoms with E-state index in [1.807, 2.05) is 0 Å². The summed E-state index contributed by atoms with van der Waals surface area (Å²) in [6.07, 6.45) is 1.45. The average Bonchev–Trinajstić information content (AvgIpc) is 1.35. The van der Waals surface area contributed by atoms with E-state index in [1.54, 1.807) is 0 Å². The smallest absolute Gasteiger partial charge is 0.788 e. The van der Waals surface area contributed by atoms with Crippen molar-refractivity contribution in [2.24, 2.45) is 4.99 Å². The monoisotopic (exact) mass is 162 g/mol. The molecule has 0 aromatic rings. The van der Waals surface area contributed by atoms with E-state index in [1.165, 1.54) is 6.19 Å². The van der Waals surface area contributed by atoms with Crippen LogP contribution in [0.1, 0.15) is 0 Å². The van der Waals surface area contributed by atoms with Gasteiger partial charge in [0.25, 0.3) is 0 Å². The molecule has 0 N–H and O–H groups in total. The van der Waals surface area contributed by atoms with Crippen LogP contribution in [0.4, 0.5) is 0 Å². The second kappa shape index (κ2) is 11.4. The van der Waals surface area contributed by atoms with E-state index in [2.05, 4.69) is 30.2 Å². The first-order valence-electron chi connectivity index (χ1n) is 1.08. The van der Waals surface area contributed by atoms with Gasteiger partial charge in [0.2, 0.25) is 6.19 Å². The summed E-state index contributed by atoms with van der Waals surface area (Å²) in [4.78, 5) is 2.98. The Bertz CT molecular complexity index is 103. The number of nitrogens with zero attached hydrogens (tertiary/aromatic N) is 2. The minimum Gasteiger partial charge on any atom is -0.788 e. The Kier molecular flexibility index (Phi) is 23.2. The van der Waals surface area contributed by atoms with Crippen LogP contribution in [-0.2, 0) is 25.3 Å². The molecule has 0 aromatic heterocycles. The summed E-state index contributed by atoms with van der Waals surface area (Å²) in [5.41, 5.74) is 0. The fourth-order valence-electron chi connectivity index (χ4n) is 0.0408. The molecule has 0 unspecified atom stereocenters. The Hall–Kier alpha value is 1.60. The van der Waals surface area contributed by atoms with E-state index < -0.39 is 0 Å². The van der Waals surface area contributed by atoms with Crippen LogP contribution < -0.4 is 59.1 Å². The van der Waals surface area contributed by atoms with Gasteiger partial charge in [0.15, 0.2) is 0 Å². The third-order valence-electron chi connectivity index (χ3n) is 0.141. The van der Waals surface area contributed by atoms with Crippen LogP contribution >= 0.6 is 0 Å². The van der Waals surface area contributed by atoms with E-state index >= 15 is 0 Å². The normalized spacial score (nSPS) is 4.38. The van der Waals surface area contributed by atoms with Crippen molar-refractivity contribution in [1.29, 1.82) is 5.26 Å². The molecule has 0 spiro atoms. The third kappa shape index (κ3) is 15.6. The van der Waals surface area contributed by atoms with Crippen molar-refractivity contribution in [2.75, 3.05) is 0 Å². The minimum absolute atomic E-state index is 0. The van der Waals surface area contributed by atoms with Gasteiger partial charge in [-0.1, -0.05) is 0 Å². The van der Waals surface area contributed by atoms with E-state index in [4.69, 9.17) is 5.26 Å². The summed E-state index contributed by atoms with van der Waals surface area (Å²) in [5.74, 6) is 0. The van der Waals surface area contributed by atoms with Crippen molar-refractivity contribution >= 4 is 29.6 Å². The quantitative estimate of drug-likeness (QED) is 0.117. The van der Waals surface area contributed by atoms with E-state index in [0.29, 0.717) is 0 Å². The SMILES string of the molecule is N#CN=C([S-])[S-].[Na+].[Na+]. The Morgan fingerprint density at radius 2 is 1.75 bits per heavy atom. The fraction of sp³-hybridized carbons (Fsp3) is 0. The van der Waals surface area contributed by atoms with Gasteiger partial charge in [0.05, 0.1) is 0 Å². The molecule has 0 saturated carbocycles. The van der Waals surface area contributed by atoms with E-state index in [-0.39, 0.29) is 63.5 Å². The zero-order chi connectivity index (χ0) is 4.99. The van der Waals surface area contributed by atoms with Crippen molar-refractivity contribution < 1.29 is 59.1 Å². The molecule has 0 fully saturated rings. The molecule has 0 atom stereocenters. The summed E-state index contributed by atoms with van der Waals surface area (Å²) in [6.45, 7) is 0. The molecule has 0 heterocycles. The summed E-state index contributed by atoms with van der Waals surface area (Å²) >= 11 is 8.44. The summed E-state index contributed by atoms with van der Waals surface area (Å²) < 4.78 is -0.0301. The second-order valence-electron chi connectivity index (χ2n) is 0.478. The molecule has 6 heteroatoms. The Balaban J connectivity index is -0.000000125. The molecule has 0 bridgehead atoms. The zero-order valence-electron chi connectivity index (χ0n) is 4.71. The van der Waals surface area contributed by atoms with Crippen LogP contribution in [0.15, 0.2) is 4.99 Å². The molecular formula is C2N2Na2S2. The van der Waals surface area contributed by atoms with Gasteiger partial charge in [0.1, 0.15) is 0 Å². The van der Waals surface area contributed by atoms with Gasteiger partial charge in [-0.2, -0.15) is 5.26 Å². The number of rotatable bonds is 0. The molecule has 0 radical (unpaired) electrons. The first kappa shape index (κ1) is 16.3. The standard InChI is InChI=1S/C2H2N2S2.2Na/c3-1-4-2(5)6;;/h(H2,4,5,6);;/q;2*+1/p-2. The molecule has 0 amide bonds. The maximum atomic E-state index is 7.67. The van der Waals surface area contributed by atoms with Crippen LogP contribution in [-0.4, -0.2) is 4.38 Å². The van der Waals surface area contributed by atoms with Crippen molar-refractivity contribution in [3.05, 3.63) is 0 Å². The van der Waals surface area contributed by atoms with Gasteiger partial charge in [0, 0.05) is 0 Å². The fourth-order valence-corrected chi connectivity index (χ4v) is 0.122. The van der Waals surface area contributed by atoms with Crippen LogP contribution in [0.3, 0.4) is 0 Å². The first-order valence-corrected chi connectivity index (χ1v) is 1.90. The van der Waals surface area contributed by atoms with Crippen molar-refractivity contribution in [1.82, 2.24) is 0 Å². The van der Waals surface area contributed by atoms with Crippen molar-refractivity contribution in [3.63, 3.8) is 0 Å². The molecule has 0 aliphatic rings. The van der Waals surface area contributed by atoms with E-state index in [9.17, 15) is 0 Å². The zero-order valence-corrected chi connectivity index (χ0v) is 10.3. The molecule has 0 aromatic carbocycles. The molecule has 0 rings (SSSR count). The topological polar surface area (TPSA) is 36.1 Å². The van der Waals surface area contributed by atoms with Crippen LogP contribution in [0, 0.1) is 11.5 Å².